The van der Waals surface area contributed by atoms with Crippen molar-refractivity contribution in [1.82, 2.24) is 31.9 Å². The van der Waals surface area contributed by atoms with Gasteiger partial charge in [-0.25, -0.2) is 5.43 Å². The van der Waals surface area contributed by atoms with E-state index in [0.717, 1.165) is 6.07 Å². The number of hydrogen-bond donors (Lipinski definition) is 5. The van der Waals surface area contributed by atoms with Gasteiger partial charge in [-0.2, -0.15) is 13.2 Å². The molecule has 1 aromatic rings. The molecule has 152 valence electrons. The molecule has 4 rings (SSSR count). The zero-order valence-electron chi connectivity index (χ0n) is 15.3. The lowest BCUT2D eigenvalue weighted by Crippen LogP contribution is -2.51. The molecule has 3 aliphatic heterocycles. The van der Waals surface area contributed by atoms with Crippen LogP contribution in [0.2, 0.25) is 0 Å². The Hall–Kier alpha value is -3.40. The lowest BCUT2D eigenvalue weighted by atomic mass is 9.99. The average molecular weight is 404 g/mol. The number of halogens is 3. The lowest BCUT2D eigenvalue weighted by molar-refractivity contribution is -0.138. The van der Waals surface area contributed by atoms with Gasteiger partial charge in [0.2, 0.25) is 0 Å². The van der Waals surface area contributed by atoms with Crippen molar-refractivity contribution in [3.63, 3.8) is 0 Å². The van der Waals surface area contributed by atoms with E-state index in [2.05, 4.69) is 26.9 Å². The van der Waals surface area contributed by atoms with Gasteiger partial charge in [0.15, 0.2) is 0 Å². The Morgan fingerprint density at radius 1 is 1.21 bits per heavy atom. The number of hydrogen-bond acceptors (Lipinski definition) is 6. The van der Waals surface area contributed by atoms with Crippen LogP contribution in [0, 0.1) is 0 Å². The molecule has 7 nitrogen and oxygen atoms in total. The van der Waals surface area contributed by atoms with E-state index in [9.17, 15) is 18.0 Å². The molecule has 3 aliphatic rings. The minimum Gasteiger partial charge on any atom is -0.363 e. The van der Waals surface area contributed by atoms with Crippen molar-refractivity contribution >= 4 is 5.91 Å². The van der Waals surface area contributed by atoms with E-state index >= 15 is 0 Å². The minimum absolute atomic E-state index is 0.0880. The van der Waals surface area contributed by atoms with Crippen molar-refractivity contribution in [2.75, 3.05) is 0 Å². The number of benzene rings is 1. The second-order valence-corrected chi connectivity index (χ2v) is 6.67. The molecule has 3 heterocycles. The Bertz CT molecular complexity index is 950. The summed E-state index contributed by atoms with van der Waals surface area (Å²) in [5, 5.41) is 7.42. The number of alkyl halides is 3. The highest BCUT2D eigenvalue weighted by Gasteiger charge is 2.39. The SMILES string of the molecule is CC1=C(C(=O)NC2=CC=CNN2)N2NC(c3ccccc3C(F)(F)F)C=CC2N1. The molecule has 2 atom stereocenters. The number of carbonyl (C=O) groups excluding carboxylic acids is 1. The van der Waals surface area contributed by atoms with Crippen LogP contribution in [0.1, 0.15) is 24.1 Å². The number of amides is 1. The fourth-order valence-corrected chi connectivity index (χ4v) is 3.45. The maximum Gasteiger partial charge on any atom is 0.416 e. The van der Waals surface area contributed by atoms with Crippen LogP contribution in [0.25, 0.3) is 0 Å². The van der Waals surface area contributed by atoms with Crippen LogP contribution in [0.5, 0.6) is 0 Å². The number of carbonyl (C=O) groups is 1. The summed E-state index contributed by atoms with van der Waals surface area (Å²) in [6, 6.07) is 4.66. The van der Waals surface area contributed by atoms with Crippen molar-refractivity contribution in [1.29, 1.82) is 0 Å². The first-order valence-electron chi connectivity index (χ1n) is 8.91. The van der Waals surface area contributed by atoms with Gasteiger partial charge in [0, 0.05) is 11.9 Å². The van der Waals surface area contributed by atoms with Crippen LogP contribution in [0.15, 0.2) is 72.0 Å². The highest BCUT2D eigenvalue weighted by molar-refractivity contribution is 5.95. The van der Waals surface area contributed by atoms with E-state index in [4.69, 9.17) is 0 Å². The van der Waals surface area contributed by atoms with Gasteiger partial charge in [0.25, 0.3) is 5.91 Å². The molecule has 29 heavy (non-hydrogen) atoms. The summed E-state index contributed by atoms with van der Waals surface area (Å²) in [6.45, 7) is 1.74. The zero-order chi connectivity index (χ0) is 20.6. The standard InChI is InChI=1S/C19H19F3N6O/c1-11-17(18(29)25-15-7-4-10-23-26-15)28-16(24-11)9-8-14(27-28)12-5-2-3-6-13(12)19(20,21)22/h2-10,14,16,23-24,26-27H,1H3,(H,25,29). The van der Waals surface area contributed by atoms with Crippen molar-refractivity contribution in [2.45, 2.75) is 25.3 Å². The molecule has 10 heteroatoms. The van der Waals surface area contributed by atoms with E-state index < -0.39 is 23.7 Å². The molecule has 2 unspecified atom stereocenters. The molecular weight excluding hydrogens is 385 g/mol. The van der Waals surface area contributed by atoms with E-state index in [1.165, 1.54) is 12.1 Å². The quantitative estimate of drug-likeness (QED) is 0.495. The topological polar surface area (TPSA) is 80.5 Å². The Kier molecular flexibility index (Phi) is 4.71. The van der Waals surface area contributed by atoms with E-state index in [1.807, 2.05) is 0 Å². The lowest BCUT2D eigenvalue weighted by Gasteiger charge is -2.35. The fraction of sp³-hybridized carbons (Fsp3) is 0.211. The summed E-state index contributed by atoms with van der Waals surface area (Å²) in [7, 11) is 0. The Morgan fingerprint density at radius 3 is 2.72 bits per heavy atom. The highest BCUT2D eigenvalue weighted by atomic mass is 19.4. The van der Waals surface area contributed by atoms with Crippen molar-refractivity contribution in [3.05, 3.63) is 83.1 Å². The number of allylic oxidation sites excluding steroid dienone is 3. The van der Waals surface area contributed by atoms with Gasteiger partial charge in [-0.1, -0.05) is 24.3 Å². The van der Waals surface area contributed by atoms with Crippen LogP contribution in [0.4, 0.5) is 13.2 Å². The third-order valence-electron chi connectivity index (χ3n) is 4.72. The molecule has 1 aromatic carbocycles. The first-order chi connectivity index (χ1) is 13.8. The summed E-state index contributed by atoms with van der Waals surface area (Å²) in [6.07, 6.45) is 3.60. The van der Waals surface area contributed by atoms with Gasteiger partial charge in [0.1, 0.15) is 17.7 Å². The molecule has 0 bridgehead atoms. The van der Waals surface area contributed by atoms with Crippen LogP contribution in [0.3, 0.4) is 0 Å². The molecule has 0 aromatic heterocycles. The van der Waals surface area contributed by atoms with Crippen LogP contribution >= 0.6 is 0 Å². The Labute approximate surface area is 165 Å². The summed E-state index contributed by atoms with van der Waals surface area (Å²) in [4.78, 5) is 12.8. The molecular formula is C19H19F3N6O. The molecule has 0 saturated carbocycles. The predicted molar refractivity (Wildman–Crippen MR) is 99.6 cm³/mol. The maximum absolute atomic E-state index is 13.4. The molecule has 0 spiro atoms. The van der Waals surface area contributed by atoms with Crippen molar-refractivity contribution < 1.29 is 18.0 Å². The molecule has 1 amide bonds. The predicted octanol–water partition coefficient (Wildman–Crippen LogP) is 1.86. The van der Waals surface area contributed by atoms with Crippen LogP contribution < -0.4 is 26.9 Å². The highest BCUT2D eigenvalue weighted by Crippen LogP contribution is 2.36. The monoisotopic (exact) mass is 404 g/mol. The Morgan fingerprint density at radius 2 is 2.00 bits per heavy atom. The molecule has 0 saturated heterocycles. The van der Waals surface area contributed by atoms with Crippen molar-refractivity contribution in [3.8, 4) is 0 Å². The first-order valence-corrected chi connectivity index (χ1v) is 8.91. The first kappa shape index (κ1) is 18.9. The van der Waals surface area contributed by atoms with E-state index in [0.29, 0.717) is 17.2 Å². The third kappa shape index (κ3) is 3.66. The smallest absolute Gasteiger partial charge is 0.363 e. The summed E-state index contributed by atoms with van der Waals surface area (Å²) in [5.41, 5.74) is 8.86. The maximum atomic E-state index is 13.4. The van der Waals surface area contributed by atoms with Gasteiger partial charge >= 0.3 is 6.18 Å². The van der Waals surface area contributed by atoms with Gasteiger partial charge in [-0.3, -0.25) is 15.2 Å². The summed E-state index contributed by atoms with van der Waals surface area (Å²) >= 11 is 0. The number of nitrogens with zero attached hydrogens (tertiary/aromatic N) is 1. The van der Waals surface area contributed by atoms with E-state index in [-0.39, 0.29) is 11.7 Å². The number of rotatable bonds is 3. The fourth-order valence-electron chi connectivity index (χ4n) is 3.45. The van der Waals surface area contributed by atoms with E-state index in [1.54, 1.807) is 48.5 Å². The minimum atomic E-state index is -4.47. The summed E-state index contributed by atoms with van der Waals surface area (Å²) in [5.74, 6) is 0.0479. The molecule has 0 radical (unpaired) electrons. The average Bonchev–Trinajstić information content (AvgIpc) is 3.03. The second kappa shape index (κ2) is 7.21. The van der Waals surface area contributed by atoms with Gasteiger partial charge in [-0.05, 0) is 36.8 Å². The zero-order valence-corrected chi connectivity index (χ0v) is 15.3. The van der Waals surface area contributed by atoms with Gasteiger partial charge < -0.3 is 16.1 Å². The molecule has 0 fully saturated rings. The number of fused-ring (bicyclic) bond motifs is 1. The largest absolute Gasteiger partial charge is 0.416 e. The van der Waals surface area contributed by atoms with Gasteiger partial charge in [0.05, 0.1) is 11.6 Å². The van der Waals surface area contributed by atoms with Gasteiger partial charge in [-0.15, -0.1) is 0 Å². The number of nitrogens with one attached hydrogen (secondary N) is 5. The summed E-state index contributed by atoms with van der Waals surface area (Å²) < 4.78 is 40.3. The van der Waals surface area contributed by atoms with Crippen molar-refractivity contribution in [2.24, 2.45) is 0 Å². The van der Waals surface area contributed by atoms with Crippen LogP contribution in [-0.4, -0.2) is 17.1 Å². The molecule has 5 N–H and O–H groups in total. The second-order valence-electron chi connectivity index (χ2n) is 6.67. The van der Waals surface area contributed by atoms with Crippen LogP contribution in [-0.2, 0) is 11.0 Å². The molecule has 0 aliphatic carbocycles. The number of hydrazine groups is 2. The Balaban J connectivity index is 1.59. The normalized spacial score (nSPS) is 23.0. The third-order valence-corrected chi connectivity index (χ3v) is 4.72.